The summed E-state index contributed by atoms with van der Waals surface area (Å²) in [6, 6.07) is 10.8. The Kier molecular flexibility index (Phi) is 4.04. The van der Waals surface area contributed by atoms with Gasteiger partial charge in [-0.3, -0.25) is 4.79 Å². The lowest BCUT2D eigenvalue weighted by Gasteiger charge is -2.36. The minimum Gasteiger partial charge on any atom is -0.496 e. The van der Waals surface area contributed by atoms with Gasteiger partial charge in [-0.25, -0.2) is 0 Å². The van der Waals surface area contributed by atoms with Gasteiger partial charge in [-0.05, 0) is 40.2 Å². The third kappa shape index (κ3) is 2.93. The normalized spacial score (nSPS) is 14.4. The maximum absolute atomic E-state index is 12.3. The molecule has 0 aliphatic carbocycles. The molecule has 0 unspecified atom stereocenters. The van der Waals surface area contributed by atoms with E-state index in [2.05, 4.69) is 26.1 Å². The number of rotatable bonds is 4. The van der Waals surface area contributed by atoms with Crippen molar-refractivity contribution in [1.29, 1.82) is 0 Å². The van der Waals surface area contributed by atoms with E-state index in [0.717, 1.165) is 5.56 Å². The third-order valence-electron chi connectivity index (χ3n) is 4.09. The molecule has 0 spiro atoms. The monoisotopic (exact) mass is 403 g/mol. The summed E-state index contributed by atoms with van der Waals surface area (Å²) in [6.07, 6.45) is 0. The number of benzene rings is 1. The first kappa shape index (κ1) is 15.9. The Bertz CT molecular complexity index is 914. The number of halogens is 1. The number of likely N-dealkylation sites (tertiary alicyclic amines) is 1. The molecule has 7 nitrogen and oxygen atoms in total. The van der Waals surface area contributed by atoms with E-state index in [-0.39, 0.29) is 11.8 Å². The summed E-state index contributed by atoms with van der Waals surface area (Å²) in [6.45, 7) is 1.04. The third-order valence-corrected chi connectivity index (χ3v) is 4.52. The molecule has 2 aromatic heterocycles. The van der Waals surface area contributed by atoms with E-state index in [1.165, 1.54) is 0 Å². The number of para-hydroxylation sites is 1. The molecule has 1 fully saturated rings. The zero-order valence-electron chi connectivity index (χ0n) is 13.3. The van der Waals surface area contributed by atoms with Crippen LogP contribution in [0.15, 0.2) is 50.0 Å². The molecule has 0 N–H and O–H groups in total. The van der Waals surface area contributed by atoms with Crippen molar-refractivity contribution in [3.63, 3.8) is 0 Å². The predicted molar refractivity (Wildman–Crippen MR) is 91.3 cm³/mol. The van der Waals surface area contributed by atoms with Crippen molar-refractivity contribution in [1.82, 2.24) is 15.0 Å². The molecule has 3 aromatic rings. The Hall–Kier alpha value is -2.61. The van der Waals surface area contributed by atoms with Crippen LogP contribution in [-0.2, 0) is 0 Å². The van der Waals surface area contributed by atoms with Crippen molar-refractivity contribution < 1.29 is 18.5 Å². The van der Waals surface area contributed by atoms with Crippen LogP contribution in [-0.4, -0.2) is 41.1 Å². The Morgan fingerprint density at radius 2 is 2.08 bits per heavy atom. The minimum absolute atomic E-state index is 0.0262. The Labute approximate surface area is 151 Å². The van der Waals surface area contributed by atoms with Crippen LogP contribution in [0.3, 0.4) is 0 Å². The molecule has 1 amide bonds. The molecule has 3 heterocycles. The van der Waals surface area contributed by atoms with E-state index in [4.69, 9.17) is 13.7 Å². The summed E-state index contributed by atoms with van der Waals surface area (Å²) >= 11 is 3.19. The van der Waals surface area contributed by atoms with E-state index < -0.39 is 0 Å². The van der Waals surface area contributed by atoms with Crippen LogP contribution in [0.4, 0.5) is 0 Å². The average molecular weight is 404 g/mol. The number of nitrogens with zero attached hydrogens (tertiary/aromatic N) is 3. The van der Waals surface area contributed by atoms with Crippen LogP contribution >= 0.6 is 15.9 Å². The number of hydrogen-bond acceptors (Lipinski definition) is 6. The van der Waals surface area contributed by atoms with E-state index in [9.17, 15) is 4.79 Å². The molecule has 4 rings (SSSR count). The van der Waals surface area contributed by atoms with Gasteiger partial charge in [0, 0.05) is 13.1 Å². The number of aromatic nitrogens is 2. The Morgan fingerprint density at radius 1 is 1.28 bits per heavy atom. The highest BCUT2D eigenvalue weighted by atomic mass is 79.9. The molecule has 128 valence electrons. The van der Waals surface area contributed by atoms with Crippen LogP contribution in [0, 0.1) is 0 Å². The van der Waals surface area contributed by atoms with Gasteiger partial charge in [-0.1, -0.05) is 17.3 Å². The summed E-state index contributed by atoms with van der Waals surface area (Å²) in [5, 5.41) is 4.04. The minimum atomic E-state index is -0.147. The van der Waals surface area contributed by atoms with Gasteiger partial charge in [-0.2, -0.15) is 4.98 Å². The topological polar surface area (TPSA) is 81.6 Å². The number of carbonyl (C=O) groups is 1. The fourth-order valence-electron chi connectivity index (χ4n) is 2.73. The van der Waals surface area contributed by atoms with Crippen molar-refractivity contribution in [2.45, 2.75) is 5.92 Å². The highest BCUT2D eigenvalue weighted by molar-refractivity contribution is 9.10. The highest BCUT2D eigenvalue weighted by Gasteiger charge is 2.37. The first-order valence-electron chi connectivity index (χ1n) is 7.67. The van der Waals surface area contributed by atoms with Crippen molar-refractivity contribution >= 4 is 21.8 Å². The smallest absolute Gasteiger partial charge is 0.289 e. The molecule has 1 aromatic carbocycles. The Balaban J connectivity index is 1.45. The predicted octanol–water partition coefficient (Wildman–Crippen LogP) is 3.34. The van der Waals surface area contributed by atoms with Crippen LogP contribution < -0.4 is 4.74 Å². The molecule has 1 aliphatic heterocycles. The van der Waals surface area contributed by atoms with E-state index in [1.807, 2.05) is 24.3 Å². The molecule has 0 radical (unpaired) electrons. The highest BCUT2D eigenvalue weighted by Crippen LogP contribution is 2.32. The number of amides is 1. The van der Waals surface area contributed by atoms with Gasteiger partial charge in [0.15, 0.2) is 10.4 Å². The van der Waals surface area contributed by atoms with Crippen molar-refractivity contribution in [2.24, 2.45) is 0 Å². The van der Waals surface area contributed by atoms with Gasteiger partial charge >= 0.3 is 0 Å². The van der Waals surface area contributed by atoms with E-state index >= 15 is 0 Å². The molecule has 0 atom stereocenters. The van der Waals surface area contributed by atoms with Crippen molar-refractivity contribution in [3.05, 3.63) is 52.7 Å². The van der Waals surface area contributed by atoms with Gasteiger partial charge < -0.3 is 18.6 Å². The lowest BCUT2D eigenvalue weighted by atomic mass is 10.00. The van der Waals surface area contributed by atoms with Gasteiger partial charge in [-0.15, -0.1) is 0 Å². The Morgan fingerprint density at radius 3 is 2.80 bits per heavy atom. The molecular formula is C17H14BrN3O4. The number of ether oxygens (including phenoxy) is 1. The molecule has 0 saturated carbocycles. The van der Waals surface area contributed by atoms with Gasteiger partial charge in [0.05, 0.1) is 18.6 Å². The second kappa shape index (κ2) is 6.36. The number of hydrogen-bond donors (Lipinski definition) is 0. The summed E-state index contributed by atoms with van der Waals surface area (Å²) in [5.74, 6) is 1.87. The fourth-order valence-corrected chi connectivity index (χ4v) is 3.03. The molecule has 1 aliphatic rings. The standard InChI is InChI=1S/C17H14BrN3O4/c1-23-12-5-3-2-4-11(12)15-19-16(25-20-15)10-8-21(9-10)17(22)13-6-7-14(18)24-13/h2-7,10H,8-9H2,1H3. The van der Waals surface area contributed by atoms with Gasteiger partial charge in [0.1, 0.15) is 5.75 Å². The fraction of sp³-hybridized carbons (Fsp3) is 0.235. The van der Waals surface area contributed by atoms with Crippen LogP contribution in [0.25, 0.3) is 11.4 Å². The van der Waals surface area contributed by atoms with E-state index in [0.29, 0.717) is 41.0 Å². The lowest BCUT2D eigenvalue weighted by Crippen LogP contribution is -2.48. The molecule has 1 saturated heterocycles. The summed E-state index contributed by atoms with van der Waals surface area (Å²) < 4.78 is 16.5. The summed E-state index contributed by atoms with van der Waals surface area (Å²) in [5.41, 5.74) is 0.771. The number of carbonyl (C=O) groups excluding carboxylic acids is 1. The second-order valence-corrected chi connectivity index (χ2v) is 6.45. The second-order valence-electron chi connectivity index (χ2n) is 5.67. The molecular weight excluding hydrogens is 390 g/mol. The first-order chi connectivity index (χ1) is 12.2. The zero-order chi connectivity index (χ0) is 17.4. The SMILES string of the molecule is COc1ccccc1-c1noc(C2CN(C(=O)c3ccc(Br)o3)C2)n1. The van der Waals surface area contributed by atoms with Crippen molar-refractivity contribution in [3.8, 4) is 17.1 Å². The van der Waals surface area contributed by atoms with Gasteiger partial charge in [0.2, 0.25) is 11.7 Å². The van der Waals surface area contributed by atoms with E-state index in [1.54, 1.807) is 24.1 Å². The average Bonchev–Trinajstić information content (AvgIpc) is 3.23. The van der Waals surface area contributed by atoms with Gasteiger partial charge in [0.25, 0.3) is 5.91 Å². The molecule has 0 bridgehead atoms. The van der Waals surface area contributed by atoms with Crippen LogP contribution in [0.1, 0.15) is 22.4 Å². The quantitative estimate of drug-likeness (QED) is 0.664. The lowest BCUT2D eigenvalue weighted by molar-refractivity contribution is 0.0535. The summed E-state index contributed by atoms with van der Waals surface area (Å²) in [7, 11) is 1.60. The van der Waals surface area contributed by atoms with Crippen LogP contribution in [0.5, 0.6) is 5.75 Å². The van der Waals surface area contributed by atoms with Crippen molar-refractivity contribution in [2.75, 3.05) is 20.2 Å². The maximum atomic E-state index is 12.3. The first-order valence-corrected chi connectivity index (χ1v) is 8.46. The maximum Gasteiger partial charge on any atom is 0.289 e. The zero-order valence-corrected chi connectivity index (χ0v) is 14.9. The number of methoxy groups -OCH3 is 1. The number of furan rings is 1. The summed E-state index contributed by atoms with van der Waals surface area (Å²) in [4.78, 5) is 18.4. The van der Waals surface area contributed by atoms with Crippen LogP contribution in [0.2, 0.25) is 0 Å². The largest absolute Gasteiger partial charge is 0.496 e. The molecule has 25 heavy (non-hydrogen) atoms. The molecule has 8 heteroatoms.